The number of hydrogen-bond acceptors (Lipinski definition) is 7. The Morgan fingerprint density at radius 1 is 1.19 bits per heavy atom. The summed E-state index contributed by atoms with van der Waals surface area (Å²) in [5, 5.41) is 20.2. The van der Waals surface area contributed by atoms with Crippen molar-refractivity contribution in [2.24, 2.45) is 0 Å². The highest BCUT2D eigenvalue weighted by Crippen LogP contribution is 2.14. The molecule has 32 heavy (non-hydrogen) atoms. The predicted octanol–water partition coefficient (Wildman–Crippen LogP) is 0.201. The highest BCUT2D eigenvalue weighted by atomic mass is 19.1. The van der Waals surface area contributed by atoms with Gasteiger partial charge < -0.3 is 26.2 Å². The monoisotopic (exact) mass is 446 g/mol. The molecule has 3 aromatic rings. The second kappa shape index (κ2) is 9.24. The van der Waals surface area contributed by atoms with Crippen LogP contribution in [0, 0.1) is 5.82 Å². The van der Waals surface area contributed by atoms with E-state index in [-0.39, 0.29) is 17.9 Å². The first-order valence-corrected chi connectivity index (χ1v) is 9.41. The number of carboxylic acids is 2. The predicted molar refractivity (Wildman–Crippen MR) is 108 cm³/mol. The minimum Gasteiger partial charge on any atom is -0.481 e. The Bertz CT molecular complexity index is 1250. The van der Waals surface area contributed by atoms with Crippen LogP contribution in [0.3, 0.4) is 0 Å². The van der Waals surface area contributed by atoms with Gasteiger partial charge in [0.1, 0.15) is 11.7 Å². The summed E-state index contributed by atoms with van der Waals surface area (Å²) in [6, 6.07) is 1.21. The molecule has 0 aliphatic carbocycles. The quantitative estimate of drug-likeness (QED) is 0.265. The lowest BCUT2D eigenvalue weighted by molar-refractivity contribution is -0.140. The molecule has 0 bridgehead atoms. The van der Waals surface area contributed by atoms with Crippen molar-refractivity contribution in [2.75, 3.05) is 5.73 Å². The summed E-state index contributed by atoms with van der Waals surface area (Å²) >= 11 is 0. The molecule has 12 nitrogen and oxygen atoms in total. The molecule has 3 heterocycles. The molecule has 0 aliphatic rings. The smallest absolute Gasteiger partial charge is 0.326 e. The van der Waals surface area contributed by atoms with Crippen molar-refractivity contribution >= 4 is 34.8 Å². The van der Waals surface area contributed by atoms with E-state index in [0.717, 1.165) is 6.07 Å². The van der Waals surface area contributed by atoms with Crippen LogP contribution in [0.1, 0.15) is 34.6 Å². The number of pyridine rings is 1. The minimum absolute atomic E-state index is 0.0240. The average Bonchev–Trinajstić information content (AvgIpc) is 3.12. The first-order valence-electron chi connectivity index (χ1n) is 9.41. The van der Waals surface area contributed by atoms with Gasteiger partial charge in [0.15, 0.2) is 11.5 Å². The Hall–Kier alpha value is -4.29. The number of carbonyl (C=O) groups is 3. The van der Waals surface area contributed by atoms with Crippen LogP contribution in [0.4, 0.5) is 10.3 Å². The van der Waals surface area contributed by atoms with Gasteiger partial charge in [0, 0.05) is 18.3 Å². The maximum absolute atomic E-state index is 14.4. The van der Waals surface area contributed by atoms with Crippen molar-refractivity contribution in [3.8, 4) is 0 Å². The molecule has 3 rings (SSSR count). The van der Waals surface area contributed by atoms with E-state index in [1.165, 1.54) is 6.20 Å². The van der Waals surface area contributed by atoms with Crippen molar-refractivity contribution in [1.82, 2.24) is 25.3 Å². The lowest BCUT2D eigenvalue weighted by Gasteiger charge is -2.13. The summed E-state index contributed by atoms with van der Waals surface area (Å²) in [5.41, 5.74) is 5.96. The Kier molecular flexibility index (Phi) is 6.47. The van der Waals surface area contributed by atoms with Crippen LogP contribution >= 0.6 is 0 Å². The summed E-state index contributed by atoms with van der Waals surface area (Å²) in [6.07, 6.45) is 1.15. The lowest BCUT2D eigenvalue weighted by Crippen LogP contribution is -2.41. The molecule has 13 heteroatoms. The maximum Gasteiger partial charge on any atom is 0.326 e. The van der Waals surface area contributed by atoms with Gasteiger partial charge in [0.25, 0.3) is 11.5 Å². The van der Waals surface area contributed by atoms with Gasteiger partial charge in [-0.1, -0.05) is 0 Å². The van der Waals surface area contributed by atoms with Gasteiger partial charge in [-0.05, 0) is 37.0 Å². The van der Waals surface area contributed by atoms with Crippen LogP contribution in [0.15, 0.2) is 23.1 Å². The highest BCUT2D eigenvalue weighted by molar-refractivity contribution is 5.95. The van der Waals surface area contributed by atoms with Crippen LogP contribution in [0.5, 0.6) is 0 Å². The van der Waals surface area contributed by atoms with E-state index in [0.29, 0.717) is 35.1 Å². The molecule has 1 amide bonds. The van der Waals surface area contributed by atoms with Gasteiger partial charge in [-0.3, -0.25) is 19.4 Å². The van der Waals surface area contributed by atoms with E-state index < -0.39 is 41.8 Å². The molecule has 0 radical (unpaired) electrons. The van der Waals surface area contributed by atoms with Crippen LogP contribution in [0.25, 0.3) is 11.0 Å². The first-order chi connectivity index (χ1) is 15.1. The molecule has 7 N–H and O–H groups in total. The number of halogens is 1. The Labute approximate surface area is 178 Å². The second-order valence-corrected chi connectivity index (χ2v) is 6.98. The number of amides is 1. The number of aromatic amines is 2. The third-order valence-corrected chi connectivity index (χ3v) is 4.62. The molecule has 1 atom stereocenters. The summed E-state index contributed by atoms with van der Waals surface area (Å²) in [4.78, 5) is 59.0. The van der Waals surface area contributed by atoms with Gasteiger partial charge in [0.05, 0.1) is 5.39 Å². The molecule has 0 fully saturated rings. The van der Waals surface area contributed by atoms with E-state index in [1.807, 2.05) is 0 Å². The molecule has 0 aromatic carbocycles. The summed E-state index contributed by atoms with van der Waals surface area (Å²) in [5.74, 6) is -4.71. The number of H-pyrrole nitrogens is 2. The zero-order valence-corrected chi connectivity index (χ0v) is 16.5. The van der Waals surface area contributed by atoms with Crippen molar-refractivity contribution in [3.63, 3.8) is 0 Å². The SMILES string of the molecule is Nc1nc2[nH]c(CCc3cnc(C(=O)N[C@@H](CCC(=O)O)C(=O)O)c(F)c3)cc2c(=O)[nH]1. The maximum atomic E-state index is 14.4. The number of aryl methyl sites for hydroxylation is 2. The zero-order valence-electron chi connectivity index (χ0n) is 16.5. The number of carbonyl (C=O) groups excluding carboxylic acids is 1. The number of nitrogens with one attached hydrogen (secondary N) is 3. The fourth-order valence-electron chi connectivity index (χ4n) is 3.04. The van der Waals surface area contributed by atoms with Crippen molar-refractivity contribution in [2.45, 2.75) is 31.7 Å². The van der Waals surface area contributed by atoms with Gasteiger partial charge in [-0.25, -0.2) is 14.2 Å². The zero-order chi connectivity index (χ0) is 23.4. The number of aliphatic carboxylic acids is 2. The van der Waals surface area contributed by atoms with Gasteiger partial charge in [0.2, 0.25) is 5.95 Å². The molecular formula is C19H19FN6O6. The fourth-order valence-corrected chi connectivity index (χ4v) is 3.04. The van der Waals surface area contributed by atoms with Crippen LogP contribution in [0.2, 0.25) is 0 Å². The Morgan fingerprint density at radius 2 is 1.94 bits per heavy atom. The van der Waals surface area contributed by atoms with Crippen LogP contribution < -0.4 is 16.6 Å². The average molecular weight is 446 g/mol. The van der Waals surface area contributed by atoms with Crippen LogP contribution in [-0.4, -0.2) is 54.0 Å². The topological polar surface area (TPSA) is 204 Å². The molecule has 168 valence electrons. The number of rotatable bonds is 9. The lowest BCUT2D eigenvalue weighted by atomic mass is 10.1. The molecule has 0 saturated heterocycles. The fraction of sp³-hybridized carbons (Fsp3) is 0.263. The summed E-state index contributed by atoms with van der Waals surface area (Å²) < 4.78 is 14.4. The standard InChI is InChI=1S/C19H19FN6O6/c20-11-5-8(1-2-9-6-10-15(23-9)25-19(21)26-16(10)29)7-22-14(11)17(30)24-12(18(31)32)3-4-13(27)28/h5-7,12H,1-4H2,(H,24,30)(H,27,28)(H,31,32)(H4,21,23,25,26,29)/t12-/m0/s1. The van der Waals surface area contributed by atoms with Crippen molar-refractivity contribution in [3.05, 3.63) is 51.5 Å². The number of anilines is 1. The van der Waals surface area contributed by atoms with Gasteiger partial charge >= 0.3 is 11.9 Å². The number of nitrogens with two attached hydrogens (primary N) is 1. The first kappa shape index (κ1) is 22.4. The molecule has 0 unspecified atom stereocenters. The van der Waals surface area contributed by atoms with E-state index in [1.54, 1.807) is 6.07 Å². The molecular weight excluding hydrogens is 427 g/mol. The van der Waals surface area contributed by atoms with Crippen LogP contribution in [-0.2, 0) is 22.4 Å². The van der Waals surface area contributed by atoms with Crippen molar-refractivity contribution < 1.29 is 29.0 Å². The molecule has 3 aromatic heterocycles. The number of carboxylic acid groups (broad SMARTS) is 2. The third kappa shape index (κ3) is 5.24. The third-order valence-electron chi connectivity index (χ3n) is 4.62. The Morgan fingerprint density at radius 3 is 2.59 bits per heavy atom. The molecule has 0 aliphatic heterocycles. The summed E-state index contributed by atoms with van der Waals surface area (Å²) in [7, 11) is 0. The van der Waals surface area contributed by atoms with E-state index in [4.69, 9.17) is 15.9 Å². The number of aromatic nitrogens is 4. The Balaban J connectivity index is 1.67. The minimum atomic E-state index is -1.49. The number of fused-ring (bicyclic) bond motifs is 1. The molecule has 0 saturated carbocycles. The largest absolute Gasteiger partial charge is 0.481 e. The van der Waals surface area contributed by atoms with Crippen molar-refractivity contribution in [1.29, 1.82) is 0 Å². The highest BCUT2D eigenvalue weighted by Gasteiger charge is 2.24. The normalized spacial score (nSPS) is 11.9. The molecule has 0 spiro atoms. The van der Waals surface area contributed by atoms with E-state index >= 15 is 0 Å². The van der Waals surface area contributed by atoms with Gasteiger partial charge in [-0.2, -0.15) is 4.98 Å². The number of hydrogen-bond donors (Lipinski definition) is 6. The number of nitrogens with zero attached hydrogens (tertiary/aromatic N) is 2. The van der Waals surface area contributed by atoms with E-state index in [9.17, 15) is 23.6 Å². The van der Waals surface area contributed by atoms with Gasteiger partial charge in [-0.15, -0.1) is 0 Å². The second-order valence-electron chi connectivity index (χ2n) is 6.98. The summed E-state index contributed by atoms with van der Waals surface area (Å²) in [6.45, 7) is 0. The number of nitrogen functional groups attached to an aromatic ring is 1. The van der Waals surface area contributed by atoms with E-state index in [2.05, 4.69) is 25.3 Å².